The molecule has 0 aliphatic heterocycles. The summed E-state index contributed by atoms with van der Waals surface area (Å²) in [6.07, 6.45) is 5.06. The molecule has 0 aromatic heterocycles. The number of hydrogen-bond donors (Lipinski definition) is 1. The first-order valence-electron chi connectivity index (χ1n) is 14.0. The third-order valence-corrected chi connectivity index (χ3v) is 8.81. The molecule has 1 atom stereocenters. The van der Waals surface area contributed by atoms with Gasteiger partial charge in [-0.1, -0.05) is 79.0 Å². The van der Waals surface area contributed by atoms with Crippen LogP contribution in [0.15, 0.2) is 78.9 Å². The molecule has 8 nitrogen and oxygen atoms in total. The molecule has 4 rings (SSSR count). The maximum absolute atomic E-state index is 14.2. The Morgan fingerprint density at radius 3 is 2.24 bits per heavy atom. The highest BCUT2D eigenvalue weighted by molar-refractivity contribution is 7.92. The van der Waals surface area contributed by atoms with Crippen LogP contribution in [0.2, 0.25) is 5.02 Å². The van der Waals surface area contributed by atoms with Crippen molar-refractivity contribution in [1.82, 2.24) is 10.2 Å². The number of nitrogens with one attached hydrogen (secondary N) is 1. The first-order valence-corrected chi connectivity index (χ1v) is 16.2. The van der Waals surface area contributed by atoms with Gasteiger partial charge in [0.25, 0.3) is 0 Å². The average molecular weight is 610 g/mol. The molecule has 0 spiro atoms. The molecule has 0 unspecified atom stereocenters. The molecule has 1 aliphatic rings. The standard InChI is InChI=1S/C32H36ClN3O5S/c1-23(37)26-13-9-17-29(20-26)36(42(2,40)41)22-31(38)35(21-25-12-8-14-27(33)18-25)30(19-24-10-4-3-5-11-24)32(39)34-28-15-6-7-16-28/h3-5,8-14,17-18,20,28,30H,6-7,15-16,19,21-22H2,1-2H3,(H,34,39)/t30-/m1/s1. The molecule has 0 bridgehead atoms. The van der Waals surface area contributed by atoms with Gasteiger partial charge in [-0.15, -0.1) is 0 Å². The highest BCUT2D eigenvalue weighted by Gasteiger charge is 2.34. The molecule has 1 fully saturated rings. The number of sulfonamides is 1. The third kappa shape index (κ3) is 8.42. The lowest BCUT2D eigenvalue weighted by Gasteiger charge is -2.34. The fraction of sp³-hybridized carbons (Fsp3) is 0.344. The van der Waals surface area contributed by atoms with Crippen LogP contribution in [-0.4, -0.2) is 55.8 Å². The molecule has 2 amide bonds. The van der Waals surface area contributed by atoms with E-state index in [9.17, 15) is 22.8 Å². The Hall–Kier alpha value is -3.69. The van der Waals surface area contributed by atoms with Crippen LogP contribution in [0.4, 0.5) is 5.69 Å². The van der Waals surface area contributed by atoms with Gasteiger partial charge in [0.2, 0.25) is 21.8 Å². The van der Waals surface area contributed by atoms with Gasteiger partial charge in [0, 0.05) is 29.6 Å². The highest BCUT2D eigenvalue weighted by atomic mass is 35.5. The van der Waals surface area contributed by atoms with Crippen molar-refractivity contribution in [2.45, 2.75) is 57.7 Å². The van der Waals surface area contributed by atoms with Crippen molar-refractivity contribution in [2.24, 2.45) is 0 Å². The van der Waals surface area contributed by atoms with Gasteiger partial charge >= 0.3 is 0 Å². The quantitative estimate of drug-likeness (QED) is 0.291. The molecule has 0 radical (unpaired) electrons. The topological polar surface area (TPSA) is 104 Å². The number of ketones is 1. The summed E-state index contributed by atoms with van der Waals surface area (Å²) in [5.41, 5.74) is 2.08. The van der Waals surface area contributed by atoms with E-state index in [1.54, 1.807) is 30.3 Å². The number of anilines is 1. The number of amides is 2. The summed E-state index contributed by atoms with van der Waals surface area (Å²) in [7, 11) is -3.94. The smallest absolute Gasteiger partial charge is 0.244 e. The van der Waals surface area contributed by atoms with Gasteiger partial charge in [0.1, 0.15) is 12.6 Å². The molecule has 0 saturated heterocycles. The lowest BCUT2D eigenvalue weighted by molar-refractivity contribution is -0.140. The van der Waals surface area contributed by atoms with E-state index in [1.807, 2.05) is 36.4 Å². The monoisotopic (exact) mass is 609 g/mol. The minimum Gasteiger partial charge on any atom is -0.352 e. The van der Waals surface area contributed by atoms with Crippen LogP contribution in [0.25, 0.3) is 0 Å². The Labute approximate surface area is 252 Å². The number of carbonyl (C=O) groups is 3. The van der Waals surface area contributed by atoms with Crippen molar-refractivity contribution in [3.8, 4) is 0 Å². The molecule has 10 heteroatoms. The average Bonchev–Trinajstić information content (AvgIpc) is 3.46. The number of Topliss-reactive ketones (excluding diaryl/α,β-unsaturated/α-hetero) is 1. The Balaban J connectivity index is 1.74. The molecule has 42 heavy (non-hydrogen) atoms. The Morgan fingerprint density at radius 1 is 0.929 bits per heavy atom. The maximum atomic E-state index is 14.2. The summed E-state index contributed by atoms with van der Waals surface area (Å²) in [5.74, 6) is -1.08. The van der Waals surface area contributed by atoms with Crippen LogP contribution in [-0.2, 0) is 32.6 Å². The molecule has 1 aliphatic carbocycles. The molecule has 3 aromatic carbocycles. The fourth-order valence-electron chi connectivity index (χ4n) is 5.25. The van der Waals surface area contributed by atoms with Gasteiger partial charge < -0.3 is 10.2 Å². The van der Waals surface area contributed by atoms with Gasteiger partial charge in [-0.2, -0.15) is 0 Å². The second kappa shape index (κ2) is 14.0. The predicted octanol–water partition coefficient (Wildman–Crippen LogP) is 5.01. The molecule has 1 N–H and O–H groups in total. The number of halogens is 1. The minimum atomic E-state index is -3.94. The number of carbonyl (C=O) groups excluding carboxylic acids is 3. The zero-order valence-electron chi connectivity index (χ0n) is 23.8. The number of rotatable bonds is 12. The van der Waals surface area contributed by atoms with Gasteiger partial charge in [0.15, 0.2) is 5.78 Å². The first-order chi connectivity index (χ1) is 20.0. The zero-order valence-corrected chi connectivity index (χ0v) is 25.4. The number of benzene rings is 3. The van der Waals surface area contributed by atoms with Crippen molar-refractivity contribution in [3.05, 3.63) is 101 Å². The van der Waals surface area contributed by atoms with E-state index in [-0.39, 0.29) is 36.4 Å². The summed E-state index contributed by atoms with van der Waals surface area (Å²) in [4.78, 5) is 41.5. The molecule has 3 aromatic rings. The van der Waals surface area contributed by atoms with E-state index >= 15 is 0 Å². The van der Waals surface area contributed by atoms with E-state index in [1.165, 1.54) is 24.0 Å². The Kier molecular flexibility index (Phi) is 10.4. The third-order valence-electron chi connectivity index (χ3n) is 7.43. The Bertz CT molecular complexity index is 1520. The van der Waals surface area contributed by atoms with Gasteiger partial charge in [-0.05, 0) is 55.2 Å². The predicted molar refractivity (Wildman–Crippen MR) is 165 cm³/mol. The van der Waals surface area contributed by atoms with Crippen molar-refractivity contribution in [1.29, 1.82) is 0 Å². The van der Waals surface area contributed by atoms with E-state index < -0.39 is 28.5 Å². The highest BCUT2D eigenvalue weighted by Crippen LogP contribution is 2.23. The Morgan fingerprint density at radius 2 is 1.60 bits per heavy atom. The largest absolute Gasteiger partial charge is 0.352 e. The maximum Gasteiger partial charge on any atom is 0.244 e. The van der Waals surface area contributed by atoms with Crippen LogP contribution in [0.3, 0.4) is 0 Å². The van der Waals surface area contributed by atoms with E-state index in [0.717, 1.165) is 41.8 Å². The molecule has 1 saturated carbocycles. The summed E-state index contributed by atoms with van der Waals surface area (Å²) < 4.78 is 26.9. The molecule has 222 valence electrons. The van der Waals surface area contributed by atoms with Crippen LogP contribution in [0.5, 0.6) is 0 Å². The summed E-state index contributed by atoms with van der Waals surface area (Å²) in [6.45, 7) is 0.877. The van der Waals surface area contributed by atoms with Gasteiger partial charge in [0.05, 0.1) is 11.9 Å². The van der Waals surface area contributed by atoms with Gasteiger partial charge in [-0.3, -0.25) is 18.7 Å². The van der Waals surface area contributed by atoms with Gasteiger partial charge in [-0.25, -0.2) is 8.42 Å². The van der Waals surface area contributed by atoms with Crippen LogP contribution >= 0.6 is 11.6 Å². The second-order valence-corrected chi connectivity index (χ2v) is 13.1. The second-order valence-electron chi connectivity index (χ2n) is 10.7. The van der Waals surface area contributed by atoms with E-state index in [0.29, 0.717) is 16.1 Å². The van der Waals surface area contributed by atoms with E-state index in [2.05, 4.69) is 5.32 Å². The lowest BCUT2D eigenvalue weighted by Crippen LogP contribution is -2.54. The zero-order chi connectivity index (χ0) is 30.3. The molecular formula is C32H36ClN3O5S. The van der Waals surface area contributed by atoms with E-state index in [4.69, 9.17) is 11.6 Å². The molecule has 0 heterocycles. The van der Waals surface area contributed by atoms with Crippen molar-refractivity contribution < 1.29 is 22.8 Å². The molecular weight excluding hydrogens is 574 g/mol. The summed E-state index contributed by atoms with van der Waals surface area (Å²) >= 11 is 6.26. The number of nitrogens with zero attached hydrogens (tertiary/aromatic N) is 2. The summed E-state index contributed by atoms with van der Waals surface area (Å²) in [5, 5.41) is 3.62. The normalized spacial score (nSPS) is 14.3. The SMILES string of the molecule is CC(=O)c1cccc(N(CC(=O)N(Cc2cccc(Cl)c2)[C@H](Cc2ccccc2)C(=O)NC2CCCC2)S(C)(=O)=O)c1. The first kappa shape index (κ1) is 31.3. The van der Waals surface area contributed by atoms with Crippen molar-refractivity contribution in [3.63, 3.8) is 0 Å². The fourth-order valence-corrected chi connectivity index (χ4v) is 6.30. The summed E-state index contributed by atoms with van der Waals surface area (Å²) in [6, 6.07) is 21.7. The van der Waals surface area contributed by atoms with Crippen LogP contribution in [0.1, 0.15) is 54.1 Å². The van der Waals surface area contributed by atoms with Crippen molar-refractivity contribution in [2.75, 3.05) is 17.1 Å². The number of hydrogen-bond acceptors (Lipinski definition) is 5. The minimum absolute atomic E-state index is 0.0285. The van der Waals surface area contributed by atoms with Crippen LogP contribution < -0.4 is 9.62 Å². The van der Waals surface area contributed by atoms with Crippen molar-refractivity contribution >= 4 is 44.9 Å². The van der Waals surface area contributed by atoms with Crippen LogP contribution in [0, 0.1) is 0 Å². The lowest BCUT2D eigenvalue weighted by atomic mass is 10.0.